The quantitative estimate of drug-likeness (QED) is 0.822. The van der Waals surface area contributed by atoms with E-state index in [1.807, 2.05) is 0 Å². The Bertz CT molecular complexity index is 400. The molecular formula is C12H17N3O3. The van der Waals surface area contributed by atoms with Crippen molar-refractivity contribution < 1.29 is 15.0 Å². The first-order valence-electron chi connectivity index (χ1n) is 6.12. The van der Waals surface area contributed by atoms with Crippen molar-refractivity contribution in [3.05, 3.63) is 18.0 Å². The van der Waals surface area contributed by atoms with Crippen molar-refractivity contribution in [1.29, 1.82) is 0 Å². The number of aromatic nitrogens is 2. The molecule has 6 nitrogen and oxygen atoms in total. The van der Waals surface area contributed by atoms with Crippen molar-refractivity contribution in [1.82, 2.24) is 9.97 Å². The second-order valence-electron chi connectivity index (χ2n) is 4.52. The number of aliphatic hydroxyl groups is 1. The summed E-state index contributed by atoms with van der Waals surface area (Å²) in [6, 6.07) is 0. The fourth-order valence-electron chi connectivity index (χ4n) is 2.20. The van der Waals surface area contributed by atoms with E-state index in [1.54, 1.807) is 0 Å². The zero-order chi connectivity index (χ0) is 13.0. The van der Waals surface area contributed by atoms with Gasteiger partial charge in [0.25, 0.3) is 0 Å². The molecule has 1 aliphatic heterocycles. The lowest BCUT2D eigenvalue weighted by Gasteiger charge is -2.31. The van der Waals surface area contributed by atoms with Crippen molar-refractivity contribution >= 4 is 11.9 Å². The van der Waals surface area contributed by atoms with Crippen LogP contribution in [0.25, 0.3) is 0 Å². The third-order valence-corrected chi connectivity index (χ3v) is 3.32. The lowest BCUT2D eigenvalue weighted by molar-refractivity contribution is 0.0696. The molecule has 98 valence electrons. The molecule has 0 atom stereocenters. The molecule has 2 heterocycles. The Balaban J connectivity index is 1.95. The number of piperidine rings is 1. The first-order valence-corrected chi connectivity index (χ1v) is 6.12. The molecule has 0 radical (unpaired) electrons. The number of rotatable bonds is 4. The SMILES string of the molecule is O=C(O)c1cnc(N2CCC(CCO)CC2)nc1. The van der Waals surface area contributed by atoms with E-state index in [-0.39, 0.29) is 12.2 Å². The predicted octanol–water partition coefficient (Wildman–Crippen LogP) is 0.774. The highest BCUT2D eigenvalue weighted by atomic mass is 16.4. The van der Waals surface area contributed by atoms with Crippen molar-refractivity contribution in [2.24, 2.45) is 5.92 Å². The highest BCUT2D eigenvalue weighted by molar-refractivity contribution is 5.86. The normalized spacial score (nSPS) is 16.8. The molecule has 0 aromatic carbocycles. The van der Waals surface area contributed by atoms with Crippen LogP contribution in [-0.4, -0.2) is 45.8 Å². The Morgan fingerprint density at radius 3 is 2.44 bits per heavy atom. The largest absolute Gasteiger partial charge is 0.478 e. The van der Waals surface area contributed by atoms with Gasteiger partial charge < -0.3 is 15.1 Å². The van der Waals surface area contributed by atoms with Crippen LogP contribution < -0.4 is 4.90 Å². The maximum absolute atomic E-state index is 10.7. The Kier molecular flexibility index (Phi) is 4.09. The van der Waals surface area contributed by atoms with E-state index in [0.29, 0.717) is 11.9 Å². The topological polar surface area (TPSA) is 86.5 Å². The molecule has 0 unspecified atom stereocenters. The number of hydrogen-bond acceptors (Lipinski definition) is 5. The first-order chi connectivity index (χ1) is 8.70. The van der Waals surface area contributed by atoms with Crippen LogP contribution in [0, 0.1) is 5.92 Å². The van der Waals surface area contributed by atoms with Gasteiger partial charge in [-0.05, 0) is 25.2 Å². The minimum absolute atomic E-state index is 0.105. The molecule has 1 aromatic heterocycles. The molecule has 18 heavy (non-hydrogen) atoms. The Morgan fingerprint density at radius 1 is 1.33 bits per heavy atom. The third kappa shape index (κ3) is 2.95. The van der Waals surface area contributed by atoms with Crippen LogP contribution in [0.2, 0.25) is 0 Å². The van der Waals surface area contributed by atoms with Crippen molar-refractivity contribution in [3.63, 3.8) is 0 Å². The summed E-state index contributed by atoms with van der Waals surface area (Å²) in [5.41, 5.74) is 0.105. The van der Waals surface area contributed by atoms with Crippen LogP contribution >= 0.6 is 0 Å². The third-order valence-electron chi connectivity index (χ3n) is 3.32. The van der Waals surface area contributed by atoms with Gasteiger partial charge in [0.1, 0.15) is 0 Å². The summed E-state index contributed by atoms with van der Waals surface area (Å²) in [7, 11) is 0. The molecule has 2 N–H and O–H groups in total. The van der Waals surface area contributed by atoms with Gasteiger partial charge in [-0.15, -0.1) is 0 Å². The van der Waals surface area contributed by atoms with Gasteiger partial charge in [-0.2, -0.15) is 0 Å². The molecule has 0 bridgehead atoms. The molecule has 2 rings (SSSR count). The van der Waals surface area contributed by atoms with Crippen LogP contribution in [0.5, 0.6) is 0 Å². The average Bonchev–Trinajstić information content (AvgIpc) is 2.40. The van der Waals surface area contributed by atoms with Crippen LogP contribution in [0.15, 0.2) is 12.4 Å². The number of aliphatic hydroxyl groups excluding tert-OH is 1. The highest BCUT2D eigenvalue weighted by Gasteiger charge is 2.20. The van der Waals surface area contributed by atoms with Gasteiger partial charge in [-0.3, -0.25) is 0 Å². The van der Waals surface area contributed by atoms with Gasteiger partial charge in [0.2, 0.25) is 5.95 Å². The number of anilines is 1. The Labute approximate surface area is 105 Å². The fourth-order valence-corrected chi connectivity index (χ4v) is 2.20. The van der Waals surface area contributed by atoms with E-state index in [1.165, 1.54) is 12.4 Å². The fraction of sp³-hybridized carbons (Fsp3) is 0.583. The maximum atomic E-state index is 10.7. The minimum atomic E-state index is -1.01. The van der Waals surface area contributed by atoms with Gasteiger partial charge in [0.05, 0.1) is 5.56 Å². The summed E-state index contributed by atoms with van der Waals surface area (Å²) in [4.78, 5) is 20.9. The lowest BCUT2D eigenvalue weighted by atomic mass is 9.94. The summed E-state index contributed by atoms with van der Waals surface area (Å²) in [6.07, 6.45) is 5.57. The molecule has 0 saturated carbocycles. The monoisotopic (exact) mass is 251 g/mol. The average molecular weight is 251 g/mol. The van der Waals surface area contributed by atoms with Crippen molar-refractivity contribution in [2.75, 3.05) is 24.6 Å². The zero-order valence-electron chi connectivity index (χ0n) is 10.1. The molecule has 6 heteroatoms. The summed E-state index contributed by atoms with van der Waals surface area (Å²) in [5, 5.41) is 17.7. The number of carboxylic acid groups (broad SMARTS) is 1. The van der Waals surface area contributed by atoms with Crippen LogP contribution in [0.3, 0.4) is 0 Å². The van der Waals surface area contributed by atoms with Gasteiger partial charge in [-0.1, -0.05) is 0 Å². The van der Waals surface area contributed by atoms with E-state index in [9.17, 15) is 4.79 Å². The first kappa shape index (κ1) is 12.8. The van der Waals surface area contributed by atoms with E-state index < -0.39 is 5.97 Å². The maximum Gasteiger partial charge on any atom is 0.338 e. The second-order valence-corrected chi connectivity index (χ2v) is 4.52. The Morgan fingerprint density at radius 2 is 1.94 bits per heavy atom. The van der Waals surface area contributed by atoms with E-state index >= 15 is 0 Å². The molecule has 0 amide bonds. The van der Waals surface area contributed by atoms with Crippen LogP contribution in [0.1, 0.15) is 29.6 Å². The lowest BCUT2D eigenvalue weighted by Crippen LogP contribution is -2.35. The van der Waals surface area contributed by atoms with Gasteiger partial charge >= 0.3 is 5.97 Å². The number of carbonyl (C=O) groups is 1. The molecule has 0 aliphatic carbocycles. The van der Waals surface area contributed by atoms with E-state index in [2.05, 4.69) is 14.9 Å². The van der Waals surface area contributed by atoms with Crippen LogP contribution in [-0.2, 0) is 0 Å². The molecular weight excluding hydrogens is 234 g/mol. The summed E-state index contributed by atoms with van der Waals surface area (Å²) in [6.45, 7) is 1.96. The molecule has 1 fully saturated rings. The number of nitrogens with zero attached hydrogens (tertiary/aromatic N) is 3. The van der Waals surface area contributed by atoms with E-state index in [4.69, 9.17) is 10.2 Å². The summed E-state index contributed by atoms with van der Waals surface area (Å²) < 4.78 is 0. The molecule has 1 aromatic rings. The molecule has 1 aliphatic rings. The predicted molar refractivity (Wildman–Crippen MR) is 65.6 cm³/mol. The van der Waals surface area contributed by atoms with Crippen molar-refractivity contribution in [3.8, 4) is 0 Å². The van der Waals surface area contributed by atoms with Crippen LogP contribution in [0.4, 0.5) is 5.95 Å². The Hall–Kier alpha value is -1.69. The molecule has 1 saturated heterocycles. The van der Waals surface area contributed by atoms with E-state index in [0.717, 1.165) is 32.4 Å². The van der Waals surface area contributed by atoms with Gasteiger partial charge in [-0.25, -0.2) is 14.8 Å². The number of aromatic carboxylic acids is 1. The number of hydrogen-bond donors (Lipinski definition) is 2. The van der Waals surface area contributed by atoms with Gasteiger partial charge in [0, 0.05) is 32.1 Å². The zero-order valence-corrected chi connectivity index (χ0v) is 10.1. The number of carboxylic acids is 1. The smallest absolute Gasteiger partial charge is 0.338 e. The second kappa shape index (κ2) is 5.77. The highest BCUT2D eigenvalue weighted by Crippen LogP contribution is 2.22. The standard InChI is InChI=1S/C12H17N3O3/c16-6-3-9-1-4-15(5-2-9)12-13-7-10(8-14-12)11(17)18/h7-9,16H,1-6H2,(H,17,18). The van der Waals surface area contributed by atoms with Gasteiger partial charge in [0.15, 0.2) is 0 Å². The summed E-state index contributed by atoms with van der Waals surface area (Å²) in [5.74, 6) is 0.148. The summed E-state index contributed by atoms with van der Waals surface area (Å²) >= 11 is 0. The minimum Gasteiger partial charge on any atom is -0.478 e. The molecule has 0 spiro atoms. The van der Waals surface area contributed by atoms with Crippen molar-refractivity contribution in [2.45, 2.75) is 19.3 Å².